The summed E-state index contributed by atoms with van der Waals surface area (Å²) in [4.78, 5) is 0. The molecule has 0 aromatic heterocycles. The molecule has 0 aliphatic rings. The highest BCUT2D eigenvalue weighted by atomic mass is 35.5. The van der Waals surface area contributed by atoms with Crippen LogP contribution in [0.25, 0.3) is 0 Å². The second-order valence-electron chi connectivity index (χ2n) is 1.82. The van der Waals surface area contributed by atoms with Gasteiger partial charge in [-0.15, -0.1) is 44.0 Å². The van der Waals surface area contributed by atoms with Gasteiger partial charge in [0.15, 0.2) is 0 Å². The van der Waals surface area contributed by atoms with E-state index in [0.717, 1.165) is 6.42 Å². The van der Waals surface area contributed by atoms with Crippen LogP contribution in [0.1, 0.15) is 6.42 Å². The van der Waals surface area contributed by atoms with Crippen molar-refractivity contribution >= 4 is 44.0 Å². The second kappa shape index (κ2) is 6.73. The third-order valence-corrected chi connectivity index (χ3v) is 2.53. The molecule has 0 N–H and O–H groups in total. The van der Waals surface area contributed by atoms with Crippen LogP contribution >= 0.6 is 44.0 Å². The molecule has 0 aliphatic heterocycles. The fourth-order valence-electron chi connectivity index (χ4n) is 0.490. The third-order valence-electron chi connectivity index (χ3n) is 1.03. The average molecular weight is 219 g/mol. The Morgan fingerprint density at radius 2 is 2.00 bits per heavy atom. The van der Waals surface area contributed by atoms with Gasteiger partial charge in [0.2, 0.25) is 0 Å². The Bertz CT molecular complexity index is 105. The monoisotopic (exact) mass is 218 g/mol. The summed E-state index contributed by atoms with van der Waals surface area (Å²) in [5, 5.41) is -0.172. The molecule has 0 aromatic rings. The summed E-state index contributed by atoms with van der Waals surface area (Å²) in [6, 6.07) is 0. The van der Waals surface area contributed by atoms with Crippen LogP contribution in [0.15, 0.2) is 11.9 Å². The van der Waals surface area contributed by atoms with Crippen LogP contribution in [-0.4, -0.2) is 16.6 Å². The van der Waals surface area contributed by atoms with Gasteiger partial charge < -0.3 is 0 Å². The van der Waals surface area contributed by atoms with Crippen LogP contribution in [0.5, 0.6) is 0 Å². The third kappa shape index (κ3) is 4.79. The number of rotatable bonds is 4. The average Bonchev–Trinajstić information content (AvgIpc) is 1.89. The van der Waals surface area contributed by atoms with Gasteiger partial charge in [-0.2, -0.15) is 0 Å². The van der Waals surface area contributed by atoms with E-state index in [1.54, 1.807) is 5.82 Å². The first kappa shape index (κ1) is 11.0. The highest BCUT2D eigenvalue weighted by Crippen LogP contribution is 2.16. The van der Waals surface area contributed by atoms with Crippen molar-refractivity contribution in [2.75, 3.05) is 5.88 Å². The Morgan fingerprint density at radius 1 is 1.40 bits per heavy atom. The maximum absolute atomic E-state index is 5.83. The lowest BCUT2D eigenvalue weighted by molar-refractivity contribution is 0.837. The molecule has 0 aliphatic carbocycles. The molecule has 3 atom stereocenters. The summed E-state index contributed by atoms with van der Waals surface area (Å²) >= 11 is 17.1. The Kier molecular flexibility index (Phi) is 7.43. The molecule has 0 radical (unpaired) electrons. The molecule has 0 heterocycles. The zero-order valence-corrected chi connectivity index (χ0v) is 8.86. The Morgan fingerprint density at radius 3 is 2.40 bits per heavy atom. The van der Waals surface area contributed by atoms with E-state index in [-0.39, 0.29) is 10.8 Å². The van der Waals surface area contributed by atoms with E-state index in [1.807, 2.05) is 6.08 Å². The predicted octanol–water partition coefficient (Wildman–Crippen LogP) is 3.22. The quantitative estimate of drug-likeness (QED) is 0.503. The highest BCUT2D eigenvalue weighted by Gasteiger charge is 2.11. The Labute approximate surface area is 79.1 Å². The molecule has 0 saturated carbocycles. The fourth-order valence-corrected chi connectivity index (χ4v) is 1.62. The molecule has 4 heteroatoms. The summed E-state index contributed by atoms with van der Waals surface area (Å²) in [6.45, 7) is 0. The van der Waals surface area contributed by atoms with Crippen molar-refractivity contribution in [3.05, 3.63) is 11.9 Å². The van der Waals surface area contributed by atoms with Crippen LogP contribution < -0.4 is 0 Å². The first-order valence-electron chi connectivity index (χ1n) is 2.95. The minimum absolute atomic E-state index is 0.0593. The van der Waals surface area contributed by atoms with Crippen LogP contribution in [0.3, 0.4) is 0 Å². The van der Waals surface area contributed by atoms with E-state index in [9.17, 15) is 0 Å². The maximum atomic E-state index is 5.83. The number of hydrogen-bond acceptors (Lipinski definition) is 0. The van der Waals surface area contributed by atoms with Crippen molar-refractivity contribution in [2.45, 2.75) is 17.2 Å². The number of halogens is 3. The lowest BCUT2D eigenvalue weighted by Gasteiger charge is -2.09. The molecule has 0 nitrogen and oxygen atoms in total. The van der Waals surface area contributed by atoms with Crippen molar-refractivity contribution in [1.29, 1.82) is 0 Å². The molecule has 0 amide bonds. The molecule has 10 heavy (non-hydrogen) atoms. The van der Waals surface area contributed by atoms with E-state index in [0.29, 0.717) is 5.88 Å². The van der Waals surface area contributed by atoms with Crippen LogP contribution in [0.4, 0.5) is 0 Å². The summed E-state index contributed by atoms with van der Waals surface area (Å²) in [5.41, 5.74) is 0. The molecular formula is C6H10Cl3P. The summed E-state index contributed by atoms with van der Waals surface area (Å²) < 4.78 is 0. The van der Waals surface area contributed by atoms with Crippen molar-refractivity contribution in [1.82, 2.24) is 0 Å². The highest BCUT2D eigenvalue weighted by molar-refractivity contribution is 7.20. The summed E-state index contributed by atoms with van der Waals surface area (Å²) in [5.74, 6) is 2.36. The van der Waals surface area contributed by atoms with E-state index >= 15 is 0 Å². The van der Waals surface area contributed by atoms with Gasteiger partial charge in [0.05, 0.1) is 10.8 Å². The second-order valence-corrected chi connectivity index (χ2v) is 3.65. The Balaban J connectivity index is 3.58. The van der Waals surface area contributed by atoms with Gasteiger partial charge in [-0.25, -0.2) is 0 Å². The van der Waals surface area contributed by atoms with Gasteiger partial charge in [0.25, 0.3) is 0 Å². The van der Waals surface area contributed by atoms with Gasteiger partial charge in [0.1, 0.15) is 0 Å². The predicted molar refractivity (Wildman–Crippen MR) is 53.5 cm³/mol. The molecule has 3 unspecified atom stereocenters. The SMILES string of the molecule is PC=CC(Cl)C(Cl)CCCl. The van der Waals surface area contributed by atoms with Crippen molar-refractivity contribution in [3.8, 4) is 0 Å². The normalized spacial score (nSPS) is 17.6. The zero-order valence-electron chi connectivity index (χ0n) is 5.43. The molecule has 0 saturated heterocycles. The standard InChI is InChI=1S/C6H10Cl3P/c7-3-1-5(8)6(9)2-4-10/h2,4-6H,1,3,10H2. The minimum atomic E-state index is -0.113. The molecule has 60 valence electrons. The Hall–Kier alpha value is 1.04. The topological polar surface area (TPSA) is 0 Å². The minimum Gasteiger partial charge on any atom is -0.127 e. The molecular weight excluding hydrogens is 209 g/mol. The van der Waals surface area contributed by atoms with E-state index in [4.69, 9.17) is 34.8 Å². The lowest BCUT2D eigenvalue weighted by atomic mass is 10.2. The molecule has 0 aromatic carbocycles. The molecule has 0 spiro atoms. The summed E-state index contributed by atoms with van der Waals surface area (Å²) in [6.07, 6.45) is 2.57. The van der Waals surface area contributed by atoms with Crippen molar-refractivity contribution in [3.63, 3.8) is 0 Å². The first-order chi connectivity index (χ1) is 4.72. The molecule has 0 bridgehead atoms. The van der Waals surface area contributed by atoms with Gasteiger partial charge in [-0.1, -0.05) is 11.9 Å². The van der Waals surface area contributed by atoms with Crippen LogP contribution in [0, 0.1) is 0 Å². The number of hydrogen-bond donors (Lipinski definition) is 0. The smallest absolute Gasteiger partial charge is 0.0683 e. The zero-order chi connectivity index (χ0) is 7.98. The van der Waals surface area contributed by atoms with Crippen LogP contribution in [-0.2, 0) is 0 Å². The van der Waals surface area contributed by atoms with Gasteiger partial charge >= 0.3 is 0 Å². The summed E-state index contributed by atoms with van der Waals surface area (Å²) in [7, 11) is 2.45. The fraction of sp³-hybridized carbons (Fsp3) is 0.667. The molecule has 0 rings (SSSR count). The van der Waals surface area contributed by atoms with E-state index in [2.05, 4.69) is 9.24 Å². The number of alkyl halides is 3. The largest absolute Gasteiger partial charge is 0.127 e. The lowest BCUT2D eigenvalue weighted by Crippen LogP contribution is -2.12. The molecule has 0 fully saturated rings. The van der Waals surface area contributed by atoms with Gasteiger partial charge in [0, 0.05) is 5.88 Å². The van der Waals surface area contributed by atoms with Crippen molar-refractivity contribution in [2.24, 2.45) is 0 Å². The first-order valence-corrected chi connectivity index (χ1v) is 5.02. The number of allylic oxidation sites excluding steroid dienone is 1. The van der Waals surface area contributed by atoms with E-state index < -0.39 is 0 Å². The van der Waals surface area contributed by atoms with E-state index in [1.165, 1.54) is 0 Å². The van der Waals surface area contributed by atoms with Crippen LogP contribution in [0.2, 0.25) is 0 Å². The maximum Gasteiger partial charge on any atom is 0.0683 e. The van der Waals surface area contributed by atoms with Gasteiger partial charge in [-0.05, 0) is 6.42 Å². The van der Waals surface area contributed by atoms with Gasteiger partial charge in [-0.3, -0.25) is 0 Å². The van der Waals surface area contributed by atoms with Crippen molar-refractivity contribution < 1.29 is 0 Å².